The number of benzene rings is 1. The quantitative estimate of drug-likeness (QED) is 0.534. The molecule has 1 aromatic carbocycles. The Labute approximate surface area is 149 Å². The number of nitrogens with zero attached hydrogens (tertiary/aromatic N) is 4. The second-order valence-electron chi connectivity index (χ2n) is 6.65. The van der Waals surface area contributed by atoms with Crippen LogP contribution < -0.4 is 4.90 Å². The number of anilines is 1. The van der Waals surface area contributed by atoms with Crippen LogP contribution in [0.3, 0.4) is 0 Å². The van der Waals surface area contributed by atoms with Crippen LogP contribution in [0.1, 0.15) is 18.7 Å². The zero-order chi connectivity index (χ0) is 17.7. The van der Waals surface area contributed by atoms with E-state index in [4.69, 9.17) is 4.42 Å². The summed E-state index contributed by atoms with van der Waals surface area (Å²) in [5.41, 5.74) is 2.79. The first kappa shape index (κ1) is 15.3. The Morgan fingerprint density at radius 1 is 1.08 bits per heavy atom. The fraction of sp³-hybridized carbons (Fsp3) is 0.250. The molecule has 1 aliphatic heterocycles. The van der Waals surface area contributed by atoms with Crippen molar-refractivity contribution in [3.63, 3.8) is 0 Å². The van der Waals surface area contributed by atoms with Crippen molar-refractivity contribution in [2.75, 3.05) is 18.0 Å². The molecule has 1 aliphatic rings. The van der Waals surface area contributed by atoms with Crippen LogP contribution in [0, 0.1) is 12.7 Å². The van der Waals surface area contributed by atoms with E-state index in [9.17, 15) is 4.39 Å². The Hall–Kier alpha value is -3.02. The third-order valence-electron chi connectivity index (χ3n) is 4.83. The molecule has 0 spiro atoms. The summed E-state index contributed by atoms with van der Waals surface area (Å²) in [5, 5.41) is 0.934. The van der Waals surface area contributed by atoms with Crippen LogP contribution in [0.2, 0.25) is 0 Å². The topological polar surface area (TPSA) is 55.1 Å². The van der Waals surface area contributed by atoms with Gasteiger partial charge in [-0.3, -0.25) is 0 Å². The number of pyridine rings is 1. The molecular weight excluding hydrogens is 331 g/mol. The van der Waals surface area contributed by atoms with Crippen molar-refractivity contribution < 1.29 is 8.81 Å². The molecule has 0 bridgehead atoms. The largest absolute Gasteiger partial charge is 0.454 e. The van der Waals surface area contributed by atoms with E-state index in [1.54, 1.807) is 6.20 Å². The van der Waals surface area contributed by atoms with Gasteiger partial charge in [-0.25, -0.2) is 19.3 Å². The van der Waals surface area contributed by atoms with Crippen molar-refractivity contribution in [2.45, 2.75) is 19.8 Å². The molecule has 4 aromatic rings. The van der Waals surface area contributed by atoms with Crippen LogP contribution in [0.25, 0.3) is 33.3 Å². The molecule has 1 saturated heterocycles. The van der Waals surface area contributed by atoms with Crippen molar-refractivity contribution in [1.29, 1.82) is 0 Å². The second kappa shape index (κ2) is 5.76. The molecule has 4 heterocycles. The van der Waals surface area contributed by atoms with Crippen molar-refractivity contribution in [3.05, 3.63) is 48.2 Å². The van der Waals surface area contributed by atoms with E-state index in [1.165, 1.54) is 6.07 Å². The minimum Gasteiger partial charge on any atom is -0.454 e. The number of hydrogen-bond donors (Lipinski definition) is 0. The van der Waals surface area contributed by atoms with Gasteiger partial charge in [-0.15, -0.1) is 0 Å². The Morgan fingerprint density at radius 2 is 1.88 bits per heavy atom. The molecule has 5 nitrogen and oxygen atoms in total. The smallest absolute Gasteiger partial charge is 0.166 e. The maximum Gasteiger partial charge on any atom is 0.166 e. The first-order valence-electron chi connectivity index (χ1n) is 8.77. The van der Waals surface area contributed by atoms with Gasteiger partial charge in [-0.05, 0) is 50.1 Å². The van der Waals surface area contributed by atoms with E-state index in [2.05, 4.69) is 15.0 Å². The lowest BCUT2D eigenvalue weighted by molar-refractivity contribution is 0.606. The second-order valence-corrected chi connectivity index (χ2v) is 6.65. The van der Waals surface area contributed by atoms with Gasteiger partial charge in [0, 0.05) is 30.2 Å². The first-order chi connectivity index (χ1) is 12.7. The van der Waals surface area contributed by atoms with Gasteiger partial charge < -0.3 is 9.32 Å². The van der Waals surface area contributed by atoms with E-state index in [0.717, 1.165) is 42.4 Å². The summed E-state index contributed by atoms with van der Waals surface area (Å²) in [6.07, 6.45) is 3.83. The normalized spacial score (nSPS) is 14.6. The highest BCUT2D eigenvalue weighted by atomic mass is 19.1. The van der Waals surface area contributed by atoms with Crippen molar-refractivity contribution >= 4 is 27.8 Å². The molecule has 0 saturated carbocycles. The molecular formula is C20H17FN4O. The van der Waals surface area contributed by atoms with E-state index in [0.29, 0.717) is 28.5 Å². The molecule has 130 valence electrons. The van der Waals surface area contributed by atoms with Crippen LogP contribution in [0.4, 0.5) is 10.2 Å². The Kier molecular flexibility index (Phi) is 3.38. The lowest BCUT2D eigenvalue weighted by Crippen LogP contribution is -2.20. The zero-order valence-corrected chi connectivity index (χ0v) is 14.4. The van der Waals surface area contributed by atoms with Gasteiger partial charge >= 0.3 is 0 Å². The molecule has 0 aliphatic carbocycles. The minimum atomic E-state index is -0.318. The fourth-order valence-electron chi connectivity index (χ4n) is 3.57. The predicted octanol–water partition coefficient (Wildman–Crippen LogP) is 4.49. The summed E-state index contributed by atoms with van der Waals surface area (Å²) in [7, 11) is 0. The fourth-order valence-corrected chi connectivity index (χ4v) is 3.57. The highest BCUT2D eigenvalue weighted by Gasteiger charge is 2.18. The number of aryl methyl sites for hydroxylation is 1. The molecule has 1 fully saturated rings. The lowest BCUT2D eigenvalue weighted by Gasteiger charge is -2.17. The van der Waals surface area contributed by atoms with Gasteiger partial charge in [0.2, 0.25) is 0 Å². The number of fused-ring (bicyclic) bond motifs is 3. The van der Waals surface area contributed by atoms with E-state index in [1.807, 2.05) is 36.1 Å². The Bertz CT molecular complexity index is 1130. The highest BCUT2D eigenvalue weighted by Crippen LogP contribution is 2.31. The number of aromatic nitrogens is 3. The minimum absolute atomic E-state index is 0.318. The zero-order valence-electron chi connectivity index (χ0n) is 14.4. The van der Waals surface area contributed by atoms with Crippen molar-refractivity contribution in [2.24, 2.45) is 0 Å². The first-order valence-corrected chi connectivity index (χ1v) is 8.77. The average Bonchev–Trinajstić information content (AvgIpc) is 3.30. The van der Waals surface area contributed by atoms with Gasteiger partial charge in [0.15, 0.2) is 17.2 Å². The molecule has 0 radical (unpaired) electrons. The number of halogens is 1. The molecule has 5 rings (SSSR count). The average molecular weight is 348 g/mol. The molecule has 0 N–H and O–H groups in total. The predicted molar refractivity (Wildman–Crippen MR) is 98.7 cm³/mol. The molecule has 0 amide bonds. The third kappa shape index (κ3) is 2.41. The summed E-state index contributed by atoms with van der Waals surface area (Å²) in [6.45, 7) is 3.57. The number of imidazole rings is 1. The van der Waals surface area contributed by atoms with Crippen LogP contribution in [-0.4, -0.2) is 28.0 Å². The van der Waals surface area contributed by atoms with Crippen LogP contribution in [-0.2, 0) is 0 Å². The number of rotatable bonds is 2. The van der Waals surface area contributed by atoms with E-state index < -0.39 is 0 Å². The van der Waals surface area contributed by atoms with Gasteiger partial charge in [-0.1, -0.05) is 0 Å². The molecule has 26 heavy (non-hydrogen) atoms. The monoisotopic (exact) mass is 348 g/mol. The van der Waals surface area contributed by atoms with Gasteiger partial charge in [0.1, 0.15) is 17.1 Å². The van der Waals surface area contributed by atoms with Crippen molar-refractivity contribution in [1.82, 2.24) is 15.0 Å². The van der Waals surface area contributed by atoms with Gasteiger partial charge in [-0.2, -0.15) is 0 Å². The Balaban J connectivity index is 1.62. The summed E-state index contributed by atoms with van der Waals surface area (Å²) in [6, 6.07) is 9.16. The SMILES string of the molecule is Cc1nc2ccc3ccc(-c4cnc(N5CCCC5)c(F)c4)oc3c2n1. The van der Waals surface area contributed by atoms with Crippen molar-refractivity contribution in [3.8, 4) is 11.3 Å². The Morgan fingerprint density at radius 3 is 2.69 bits per heavy atom. The van der Waals surface area contributed by atoms with Gasteiger partial charge in [0.05, 0.1) is 5.52 Å². The van der Waals surface area contributed by atoms with Crippen LogP contribution in [0.5, 0.6) is 0 Å². The molecule has 3 aromatic heterocycles. The molecule has 0 atom stereocenters. The van der Waals surface area contributed by atoms with Gasteiger partial charge in [0.25, 0.3) is 0 Å². The van der Waals surface area contributed by atoms with E-state index in [-0.39, 0.29) is 5.82 Å². The lowest BCUT2D eigenvalue weighted by atomic mass is 10.1. The highest BCUT2D eigenvalue weighted by molar-refractivity contribution is 6.00. The summed E-state index contributed by atoms with van der Waals surface area (Å²) in [4.78, 5) is 15.2. The van der Waals surface area contributed by atoms with Crippen LogP contribution >= 0.6 is 0 Å². The summed E-state index contributed by atoms with van der Waals surface area (Å²) >= 11 is 0. The summed E-state index contributed by atoms with van der Waals surface area (Å²) in [5.74, 6) is 1.37. The molecule has 6 heteroatoms. The maximum atomic E-state index is 14.6. The number of hydrogen-bond acceptors (Lipinski definition) is 5. The van der Waals surface area contributed by atoms with Crippen LogP contribution in [0.15, 0.2) is 40.9 Å². The molecule has 0 unspecified atom stereocenters. The summed E-state index contributed by atoms with van der Waals surface area (Å²) < 4.78 is 20.7. The van der Waals surface area contributed by atoms with E-state index >= 15 is 0 Å². The maximum absolute atomic E-state index is 14.6. The third-order valence-corrected chi connectivity index (χ3v) is 4.83. The standard InChI is InChI=1S/C20H17FN4O/c1-12-23-16-6-4-13-5-7-17(26-19(13)18(16)24-12)14-10-15(21)20(22-11-14)25-8-2-3-9-25/h4-7,10-11H,2-3,8-9H2,1H3.